The Bertz CT molecular complexity index is 1350. The van der Waals surface area contributed by atoms with E-state index in [-0.39, 0.29) is 22.6 Å². The molecule has 0 atom stereocenters. The van der Waals surface area contributed by atoms with Gasteiger partial charge in [-0.15, -0.1) is 0 Å². The highest BCUT2D eigenvalue weighted by molar-refractivity contribution is 7.15. The summed E-state index contributed by atoms with van der Waals surface area (Å²) in [6.07, 6.45) is 2.98. The number of ether oxygens (including phenoxy) is 1. The van der Waals surface area contributed by atoms with Crippen LogP contribution in [0.2, 0.25) is 5.02 Å². The van der Waals surface area contributed by atoms with Crippen LogP contribution in [0.3, 0.4) is 0 Å². The number of rotatable bonds is 6. The van der Waals surface area contributed by atoms with Crippen molar-refractivity contribution in [3.05, 3.63) is 95.6 Å². The zero-order valence-corrected chi connectivity index (χ0v) is 17.7. The monoisotopic (exact) mass is 439 g/mol. The van der Waals surface area contributed by atoms with Crippen LogP contribution in [0, 0.1) is 0 Å². The lowest BCUT2D eigenvalue weighted by atomic mass is 10.1. The van der Waals surface area contributed by atoms with Gasteiger partial charge in [0.1, 0.15) is 11.4 Å². The van der Waals surface area contributed by atoms with Gasteiger partial charge in [-0.1, -0.05) is 54.1 Å². The normalized spacial score (nSPS) is 11.9. The van der Waals surface area contributed by atoms with Crippen molar-refractivity contribution < 1.29 is 4.74 Å². The van der Waals surface area contributed by atoms with Crippen molar-refractivity contribution in [1.82, 2.24) is 14.6 Å². The second kappa shape index (κ2) is 8.77. The Morgan fingerprint density at radius 3 is 2.53 bits per heavy atom. The summed E-state index contributed by atoms with van der Waals surface area (Å²) in [5.41, 5.74) is 1.20. The predicted octanol–water partition coefficient (Wildman–Crippen LogP) is 3.09. The summed E-state index contributed by atoms with van der Waals surface area (Å²) < 4.78 is 7.23. The second-order valence-electron chi connectivity index (χ2n) is 6.69. The maximum Gasteiger partial charge on any atom is 0.296 e. The first-order valence-corrected chi connectivity index (χ1v) is 10.6. The van der Waals surface area contributed by atoms with Crippen molar-refractivity contribution in [2.45, 2.75) is 19.8 Å². The topological polar surface area (TPSA) is 73.6 Å². The van der Waals surface area contributed by atoms with Gasteiger partial charge in [-0.2, -0.15) is 14.6 Å². The first kappa shape index (κ1) is 20.3. The third-order valence-corrected chi connectivity index (χ3v) is 5.60. The van der Waals surface area contributed by atoms with Gasteiger partial charge in [0.2, 0.25) is 4.96 Å². The maximum absolute atomic E-state index is 12.8. The van der Waals surface area contributed by atoms with Crippen LogP contribution in [-0.4, -0.2) is 21.2 Å². The molecule has 0 amide bonds. The molecule has 0 N–H and O–H groups in total. The Hall–Kier alpha value is -3.03. The molecule has 0 bridgehead atoms. The molecule has 6 nitrogen and oxygen atoms in total. The van der Waals surface area contributed by atoms with E-state index >= 15 is 0 Å². The minimum absolute atomic E-state index is 0.216. The fraction of sp³-hybridized carbons (Fsp3) is 0.182. The van der Waals surface area contributed by atoms with Crippen molar-refractivity contribution in [2.24, 2.45) is 0 Å². The molecule has 8 heteroatoms. The minimum atomic E-state index is -0.435. The molecule has 4 aromatic rings. The maximum atomic E-state index is 12.8. The molecular weight excluding hydrogens is 422 g/mol. The van der Waals surface area contributed by atoms with Crippen LogP contribution in [0.15, 0.2) is 58.1 Å². The van der Waals surface area contributed by atoms with Crippen molar-refractivity contribution in [2.75, 3.05) is 6.61 Å². The SMILES string of the molecule is CCCOc1ccc(C=c2sc3nc(=O)c(Cc4ccc(Cl)cc4)nn3c2=O)cc1. The third kappa shape index (κ3) is 4.42. The first-order valence-electron chi connectivity index (χ1n) is 9.45. The Kier molecular flexibility index (Phi) is 5.92. The Morgan fingerprint density at radius 2 is 1.83 bits per heavy atom. The highest BCUT2D eigenvalue weighted by Gasteiger charge is 2.12. The Labute approximate surface area is 181 Å². The lowest BCUT2D eigenvalue weighted by molar-refractivity contribution is 0.317. The summed E-state index contributed by atoms with van der Waals surface area (Å²) in [7, 11) is 0. The van der Waals surface area contributed by atoms with Crippen LogP contribution in [0.1, 0.15) is 30.2 Å². The molecule has 0 saturated heterocycles. The molecule has 2 heterocycles. The number of hydrogen-bond donors (Lipinski definition) is 0. The molecule has 2 aromatic heterocycles. The van der Waals surface area contributed by atoms with E-state index in [1.807, 2.05) is 43.3 Å². The van der Waals surface area contributed by atoms with E-state index in [2.05, 4.69) is 10.1 Å². The molecule has 0 aliphatic rings. The van der Waals surface area contributed by atoms with Crippen molar-refractivity contribution in [1.29, 1.82) is 0 Å². The summed E-state index contributed by atoms with van der Waals surface area (Å²) in [5.74, 6) is 0.785. The van der Waals surface area contributed by atoms with Gasteiger partial charge in [0.15, 0.2) is 0 Å². The van der Waals surface area contributed by atoms with Crippen LogP contribution in [0.4, 0.5) is 0 Å². The highest BCUT2D eigenvalue weighted by atomic mass is 35.5. The average Bonchev–Trinajstić information content (AvgIpc) is 3.04. The van der Waals surface area contributed by atoms with E-state index in [9.17, 15) is 9.59 Å². The first-order chi connectivity index (χ1) is 14.5. The molecule has 0 unspecified atom stereocenters. The van der Waals surface area contributed by atoms with Crippen LogP contribution in [0.25, 0.3) is 11.0 Å². The largest absolute Gasteiger partial charge is 0.494 e. The Balaban J connectivity index is 1.68. The van der Waals surface area contributed by atoms with Gasteiger partial charge in [-0.05, 0) is 47.9 Å². The van der Waals surface area contributed by atoms with Crippen LogP contribution in [0.5, 0.6) is 5.75 Å². The molecular formula is C22H18ClN3O3S. The van der Waals surface area contributed by atoms with Gasteiger partial charge in [-0.3, -0.25) is 9.59 Å². The smallest absolute Gasteiger partial charge is 0.296 e. The van der Waals surface area contributed by atoms with Gasteiger partial charge < -0.3 is 4.74 Å². The molecule has 0 aliphatic carbocycles. The quantitative estimate of drug-likeness (QED) is 0.461. The molecule has 0 radical (unpaired) electrons. The van der Waals surface area contributed by atoms with E-state index in [0.717, 1.165) is 34.6 Å². The van der Waals surface area contributed by atoms with Crippen LogP contribution >= 0.6 is 22.9 Å². The zero-order chi connectivity index (χ0) is 21.1. The summed E-state index contributed by atoms with van der Waals surface area (Å²) in [5, 5.41) is 4.88. The van der Waals surface area contributed by atoms with E-state index in [1.165, 1.54) is 4.52 Å². The lowest BCUT2D eigenvalue weighted by Crippen LogP contribution is -2.28. The molecule has 0 spiro atoms. The minimum Gasteiger partial charge on any atom is -0.494 e. The molecule has 0 aliphatic heterocycles. The van der Waals surface area contributed by atoms with E-state index < -0.39 is 5.56 Å². The summed E-state index contributed by atoms with van der Waals surface area (Å²) in [4.78, 5) is 29.5. The fourth-order valence-corrected chi connectivity index (χ4v) is 3.91. The van der Waals surface area contributed by atoms with Gasteiger partial charge >= 0.3 is 0 Å². The number of nitrogens with zero attached hydrogens (tertiary/aromatic N) is 3. The number of hydrogen-bond acceptors (Lipinski definition) is 6. The van der Waals surface area contributed by atoms with E-state index in [4.69, 9.17) is 16.3 Å². The number of aromatic nitrogens is 3. The van der Waals surface area contributed by atoms with E-state index in [1.54, 1.807) is 18.2 Å². The number of halogens is 1. The highest BCUT2D eigenvalue weighted by Crippen LogP contribution is 2.13. The molecule has 152 valence electrons. The average molecular weight is 440 g/mol. The fourth-order valence-electron chi connectivity index (χ4n) is 2.88. The van der Waals surface area contributed by atoms with Crippen molar-refractivity contribution in [3.8, 4) is 5.75 Å². The van der Waals surface area contributed by atoms with Gasteiger partial charge in [0.25, 0.3) is 11.1 Å². The van der Waals surface area contributed by atoms with Crippen LogP contribution in [-0.2, 0) is 6.42 Å². The molecule has 4 rings (SSSR count). The third-order valence-electron chi connectivity index (χ3n) is 4.39. The van der Waals surface area contributed by atoms with Gasteiger partial charge in [0, 0.05) is 11.4 Å². The molecule has 0 saturated carbocycles. The van der Waals surface area contributed by atoms with E-state index in [0.29, 0.717) is 16.2 Å². The zero-order valence-electron chi connectivity index (χ0n) is 16.2. The summed E-state index contributed by atoms with van der Waals surface area (Å²) in [6.45, 7) is 2.71. The molecule has 30 heavy (non-hydrogen) atoms. The number of fused-ring (bicyclic) bond motifs is 1. The van der Waals surface area contributed by atoms with Crippen molar-refractivity contribution in [3.63, 3.8) is 0 Å². The van der Waals surface area contributed by atoms with Crippen molar-refractivity contribution >= 4 is 34.0 Å². The number of thiazole rings is 1. The predicted molar refractivity (Wildman–Crippen MR) is 119 cm³/mol. The summed E-state index contributed by atoms with van der Waals surface area (Å²) >= 11 is 7.04. The summed E-state index contributed by atoms with van der Waals surface area (Å²) in [6, 6.07) is 14.6. The van der Waals surface area contributed by atoms with Crippen LogP contribution < -0.4 is 20.4 Å². The standard InChI is InChI=1S/C22H18ClN3O3S/c1-2-11-29-17-9-5-15(6-10-17)13-19-21(28)26-22(30-19)24-20(27)18(25-26)12-14-3-7-16(23)8-4-14/h3-10,13H,2,11-12H2,1H3. The van der Waals surface area contributed by atoms with Gasteiger partial charge in [-0.25, -0.2) is 0 Å². The Morgan fingerprint density at radius 1 is 1.10 bits per heavy atom. The second-order valence-corrected chi connectivity index (χ2v) is 8.14. The number of benzene rings is 2. The molecule has 0 fully saturated rings. The molecule has 2 aromatic carbocycles. The lowest BCUT2D eigenvalue weighted by Gasteiger charge is -2.03. The van der Waals surface area contributed by atoms with Gasteiger partial charge in [0.05, 0.1) is 11.1 Å².